The van der Waals surface area contributed by atoms with Crippen molar-refractivity contribution in [3.8, 4) is 0 Å². The highest BCUT2D eigenvalue weighted by molar-refractivity contribution is 7.10. The molecule has 3 rings (SSSR count). The van der Waals surface area contributed by atoms with E-state index in [1.807, 2.05) is 17.5 Å². The molecule has 5 heteroatoms. The van der Waals surface area contributed by atoms with Gasteiger partial charge in [-0.3, -0.25) is 4.79 Å². The molecule has 3 nitrogen and oxygen atoms in total. The number of hydrogen-bond acceptors (Lipinski definition) is 2. The SMILES string of the molecule is C[C@H]1CCC[NH+](CC(=O)N[C@@H](c2ccc(F)cc2)c2cccs2)C1. The highest BCUT2D eigenvalue weighted by Gasteiger charge is 2.24. The Morgan fingerprint density at radius 1 is 1.38 bits per heavy atom. The minimum absolute atomic E-state index is 0.0572. The van der Waals surface area contributed by atoms with Crippen LogP contribution in [0.5, 0.6) is 0 Å². The molecule has 1 saturated heterocycles. The first-order valence-electron chi connectivity index (χ1n) is 8.53. The van der Waals surface area contributed by atoms with Crippen LogP contribution in [0.25, 0.3) is 0 Å². The third-order valence-corrected chi connectivity index (χ3v) is 5.55. The summed E-state index contributed by atoms with van der Waals surface area (Å²) >= 11 is 1.60. The maximum absolute atomic E-state index is 13.2. The van der Waals surface area contributed by atoms with Gasteiger partial charge in [-0.2, -0.15) is 0 Å². The van der Waals surface area contributed by atoms with Gasteiger partial charge >= 0.3 is 0 Å². The molecule has 1 unspecified atom stereocenters. The lowest BCUT2D eigenvalue weighted by molar-refractivity contribution is -0.900. The molecule has 24 heavy (non-hydrogen) atoms. The zero-order valence-electron chi connectivity index (χ0n) is 13.9. The molecule has 0 saturated carbocycles. The normalized spacial score (nSPS) is 22.1. The van der Waals surface area contributed by atoms with Gasteiger partial charge in [0, 0.05) is 10.8 Å². The molecule has 2 heterocycles. The summed E-state index contributed by atoms with van der Waals surface area (Å²) in [6, 6.07) is 10.2. The molecule has 2 N–H and O–H groups in total. The van der Waals surface area contributed by atoms with E-state index in [4.69, 9.17) is 0 Å². The number of hydrogen-bond donors (Lipinski definition) is 2. The molecule has 1 aliphatic rings. The van der Waals surface area contributed by atoms with E-state index in [1.165, 1.54) is 29.9 Å². The van der Waals surface area contributed by atoms with Gasteiger partial charge < -0.3 is 10.2 Å². The van der Waals surface area contributed by atoms with Crippen LogP contribution in [-0.2, 0) is 4.79 Å². The van der Waals surface area contributed by atoms with Gasteiger partial charge in [0.25, 0.3) is 5.91 Å². The number of thiophene rings is 1. The number of likely N-dealkylation sites (tertiary alicyclic amines) is 1. The lowest BCUT2D eigenvalue weighted by atomic mass is 10.0. The Morgan fingerprint density at radius 3 is 2.83 bits per heavy atom. The van der Waals surface area contributed by atoms with Crippen LogP contribution >= 0.6 is 11.3 Å². The number of quaternary nitrogens is 1. The third-order valence-electron chi connectivity index (χ3n) is 4.61. The minimum Gasteiger partial charge on any atom is -0.339 e. The van der Waals surface area contributed by atoms with Crippen molar-refractivity contribution < 1.29 is 14.1 Å². The number of carbonyl (C=O) groups is 1. The highest BCUT2D eigenvalue weighted by Crippen LogP contribution is 2.26. The third kappa shape index (κ3) is 4.42. The first-order chi connectivity index (χ1) is 11.6. The Kier molecular flexibility index (Phi) is 5.63. The number of carbonyl (C=O) groups excluding carboxylic acids is 1. The van der Waals surface area contributed by atoms with Crippen LogP contribution in [0.4, 0.5) is 4.39 Å². The predicted octanol–water partition coefficient (Wildman–Crippen LogP) is 2.41. The second-order valence-electron chi connectivity index (χ2n) is 6.70. The molecule has 0 bridgehead atoms. The van der Waals surface area contributed by atoms with Crippen molar-refractivity contribution in [3.63, 3.8) is 0 Å². The monoisotopic (exact) mass is 347 g/mol. The average molecular weight is 347 g/mol. The van der Waals surface area contributed by atoms with E-state index in [1.54, 1.807) is 23.5 Å². The molecule has 1 aliphatic heterocycles. The van der Waals surface area contributed by atoms with E-state index in [0.717, 1.165) is 23.5 Å². The maximum Gasteiger partial charge on any atom is 0.275 e. The van der Waals surface area contributed by atoms with Gasteiger partial charge in [0.2, 0.25) is 0 Å². The van der Waals surface area contributed by atoms with E-state index in [2.05, 4.69) is 12.2 Å². The van der Waals surface area contributed by atoms with E-state index >= 15 is 0 Å². The summed E-state index contributed by atoms with van der Waals surface area (Å²) in [4.78, 5) is 15.0. The van der Waals surface area contributed by atoms with E-state index in [-0.39, 0.29) is 17.8 Å². The summed E-state index contributed by atoms with van der Waals surface area (Å²) < 4.78 is 13.2. The zero-order chi connectivity index (χ0) is 16.9. The van der Waals surface area contributed by atoms with Gasteiger partial charge in [-0.1, -0.05) is 25.1 Å². The second-order valence-corrected chi connectivity index (χ2v) is 7.68. The van der Waals surface area contributed by atoms with Crippen molar-refractivity contribution in [2.75, 3.05) is 19.6 Å². The van der Waals surface area contributed by atoms with Gasteiger partial charge in [0.1, 0.15) is 5.82 Å². The lowest BCUT2D eigenvalue weighted by Crippen LogP contribution is -3.14. The molecule has 1 amide bonds. The van der Waals surface area contributed by atoms with Crippen LogP contribution in [0.1, 0.15) is 36.2 Å². The Labute approximate surface area is 146 Å². The second kappa shape index (κ2) is 7.90. The standard InChI is InChI=1S/C19H23FN2OS/c1-14-4-2-10-22(12-14)13-18(23)21-19(17-5-3-11-24-17)15-6-8-16(20)9-7-15/h3,5-9,11,14,19H,2,4,10,12-13H2,1H3,(H,21,23)/p+1/t14-,19-/m0/s1. The summed E-state index contributed by atoms with van der Waals surface area (Å²) in [7, 11) is 0. The number of benzene rings is 1. The van der Waals surface area contributed by atoms with Crippen LogP contribution in [0, 0.1) is 11.7 Å². The van der Waals surface area contributed by atoms with Crippen LogP contribution in [0.15, 0.2) is 41.8 Å². The van der Waals surface area contributed by atoms with E-state index in [9.17, 15) is 9.18 Å². The van der Waals surface area contributed by atoms with E-state index in [0.29, 0.717) is 12.5 Å². The minimum atomic E-state index is -0.262. The molecule has 128 valence electrons. The molecule has 0 radical (unpaired) electrons. The smallest absolute Gasteiger partial charge is 0.275 e. The number of rotatable bonds is 5. The van der Waals surface area contributed by atoms with Gasteiger partial charge in [0.15, 0.2) is 6.54 Å². The molecule has 2 aromatic rings. The fourth-order valence-electron chi connectivity index (χ4n) is 3.43. The van der Waals surface area contributed by atoms with Crippen molar-refractivity contribution in [3.05, 3.63) is 58.0 Å². The zero-order valence-corrected chi connectivity index (χ0v) is 14.7. The molecule has 0 aliphatic carbocycles. The van der Waals surface area contributed by atoms with Crippen LogP contribution < -0.4 is 10.2 Å². The van der Waals surface area contributed by atoms with Crippen LogP contribution in [-0.4, -0.2) is 25.5 Å². The van der Waals surface area contributed by atoms with Gasteiger partial charge in [-0.15, -0.1) is 11.3 Å². The first-order valence-corrected chi connectivity index (χ1v) is 9.41. The maximum atomic E-state index is 13.2. The first kappa shape index (κ1) is 17.1. The fraction of sp³-hybridized carbons (Fsp3) is 0.421. The van der Waals surface area contributed by atoms with Crippen molar-refractivity contribution in [1.29, 1.82) is 0 Å². The fourth-order valence-corrected chi connectivity index (χ4v) is 4.23. The van der Waals surface area contributed by atoms with Crippen molar-refractivity contribution in [2.45, 2.75) is 25.8 Å². The Morgan fingerprint density at radius 2 is 2.17 bits per heavy atom. The summed E-state index contributed by atoms with van der Waals surface area (Å²) in [5.74, 6) is 0.482. The molecule has 0 spiro atoms. The van der Waals surface area contributed by atoms with E-state index < -0.39 is 0 Å². The number of halogens is 1. The van der Waals surface area contributed by atoms with Crippen LogP contribution in [0.2, 0.25) is 0 Å². The molecule has 3 atom stereocenters. The van der Waals surface area contributed by atoms with Crippen molar-refractivity contribution >= 4 is 17.2 Å². The number of piperidine rings is 1. The summed E-state index contributed by atoms with van der Waals surface area (Å²) in [6.45, 7) is 4.89. The summed E-state index contributed by atoms with van der Waals surface area (Å²) in [5, 5.41) is 5.14. The molecular formula is C19H24FN2OS+. The summed E-state index contributed by atoms with van der Waals surface area (Å²) in [6.07, 6.45) is 2.45. The average Bonchev–Trinajstić information content (AvgIpc) is 3.08. The molecule has 1 aromatic carbocycles. The Hall–Kier alpha value is -1.72. The number of amides is 1. The molecular weight excluding hydrogens is 323 g/mol. The largest absolute Gasteiger partial charge is 0.339 e. The molecule has 1 aromatic heterocycles. The summed E-state index contributed by atoms with van der Waals surface area (Å²) in [5.41, 5.74) is 0.911. The Balaban J connectivity index is 1.70. The Bertz CT molecular complexity index is 657. The molecule has 1 fully saturated rings. The predicted molar refractivity (Wildman–Crippen MR) is 94.7 cm³/mol. The van der Waals surface area contributed by atoms with Gasteiger partial charge in [-0.05, 0) is 42.0 Å². The lowest BCUT2D eigenvalue weighted by Gasteiger charge is -2.28. The topological polar surface area (TPSA) is 33.5 Å². The quantitative estimate of drug-likeness (QED) is 0.856. The highest BCUT2D eigenvalue weighted by atomic mass is 32.1. The van der Waals surface area contributed by atoms with Crippen molar-refractivity contribution in [2.24, 2.45) is 5.92 Å². The van der Waals surface area contributed by atoms with Crippen molar-refractivity contribution in [1.82, 2.24) is 5.32 Å². The van der Waals surface area contributed by atoms with Crippen LogP contribution in [0.3, 0.4) is 0 Å². The number of nitrogens with one attached hydrogen (secondary N) is 2. The van der Waals surface area contributed by atoms with Gasteiger partial charge in [-0.25, -0.2) is 4.39 Å². The van der Waals surface area contributed by atoms with Gasteiger partial charge in [0.05, 0.1) is 19.1 Å².